The maximum Gasteiger partial charge on any atom is 0.256 e. The first-order chi connectivity index (χ1) is 9.51. The predicted octanol–water partition coefficient (Wildman–Crippen LogP) is 1.29. The fourth-order valence-corrected chi connectivity index (χ4v) is 2.07. The molecular formula is C14H19N5O. The number of nitrogens with two attached hydrogens (primary N) is 1. The first-order valence-electron chi connectivity index (χ1n) is 6.31. The maximum absolute atomic E-state index is 12.4. The Kier molecular flexibility index (Phi) is 4.05. The number of benzene rings is 1. The Morgan fingerprint density at radius 1 is 1.50 bits per heavy atom. The second-order valence-electron chi connectivity index (χ2n) is 4.88. The second-order valence-corrected chi connectivity index (χ2v) is 4.88. The van der Waals surface area contributed by atoms with Crippen molar-refractivity contribution in [3.63, 3.8) is 0 Å². The van der Waals surface area contributed by atoms with Gasteiger partial charge < -0.3 is 10.3 Å². The summed E-state index contributed by atoms with van der Waals surface area (Å²) in [4.78, 5) is 14.1. The van der Waals surface area contributed by atoms with Gasteiger partial charge in [-0.25, -0.2) is 0 Å². The summed E-state index contributed by atoms with van der Waals surface area (Å²) >= 11 is 0. The number of rotatable bonds is 4. The monoisotopic (exact) mass is 273 g/mol. The van der Waals surface area contributed by atoms with Crippen molar-refractivity contribution in [2.24, 2.45) is 12.9 Å². The highest BCUT2D eigenvalue weighted by Gasteiger charge is 2.16. The van der Waals surface area contributed by atoms with Gasteiger partial charge in [-0.15, -0.1) is 0 Å². The Morgan fingerprint density at radius 2 is 2.25 bits per heavy atom. The molecule has 2 rings (SSSR count). The molecule has 0 aliphatic carbocycles. The molecule has 6 heteroatoms. The van der Waals surface area contributed by atoms with Crippen LogP contribution in [-0.2, 0) is 13.6 Å². The number of nitrogen functional groups attached to an aromatic ring is 1. The van der Waals surface area contributed by atoms with Gasteiger partial charge in [0.05, 0.1) is 17.4 Å². The molecule has 3 N–H and O–H groups in total. The van der Waals surface area contributed by atoms with Crippen LogP contribution in [0.4, 0.5) is 5.69 Å². The quantitative estimate of drug-likeness (QED) is 0.650. The summed E-state index contributed by atoms with van der Waals surface area (Å²) in [5.41, 5.74) is 5.80. The lowest BCUT2D eigenvalue weighted by Crippen LogP contribution is -2.27. The van der Waals surface area contributed by atoms with E-state index in [2.05, 4.69) is 10.5 Å². The van der Waals surface area contributed by atoms with Crippen molar-refractivity contribution in [3.8, 4) is 0 Å². The molecule has 0 bridgehead atoms. The summed E-state index contributed by atoms with van der Waals surface area (Å²) in [5, 5.41) is 4.09. The summed E-state index contributed by atoms with van der Waals surface area (Å²) in [5.74, 6) is 5.40. The molecule has 1 aromatic heterocycles. The number of aromatic nitrogens is 2. The Balaban J connectivity index is 2.18. The molecule has 0 atom stereocenters. The van der Waals surface area contributed by atoms with Gasteiger partial charge in [0.25, 0.3) is 5.91 Å². The number of carbonyl (C=O) groups excluding carboxylic acids is 1. The fraction of sp³-hybridized carbons (Fsp3) is 0.286. The van der Waals surface area contributed by atoms with Crippen molar-refractivity contribution in [3.05, 3.63) is 47.3 Å². The number of amides is 1. The van der Waals surface area contributed by atoms with Gasteiger partial charge in [-0.05, 0) is 24.6 Å². The number of hydrazine groups is 1. The molecule has 1 heterocycles. The second kappa shape index (κ2) is 5.75. The van der Waals surface area contributed by atoms with Gasteiger partial charge in [0.15, 0.2) is 0 Å². The zero-order chi connectivity index (χ0) is 14.7. The number of anilines is 1. The third-order valence-electron chi connectivity index (χ3n) is 3.09. The zero-order valence-electron chi connectivity index (χ0n) is 11.9. The van der Waals surface area contributed by atoms with Crippen LogP contribution in [0.2, 0.25) is 0 Å². The van der Waals surface area contributed by atoms with Gasteiger partial charge in [-0.2, -0.15) is 5.10 Å². The highest BCUT2D eigenvalue weighted by atomic mass is 16.2. The SMILES string of the molecule is Cc1ccc(C(=O)N(C)Cc2cnn(C)c2)c(NN)c1. The van der Waals surface area contributed by atoms with E-state index in [0.29, 0.717) is 17.8 Å². The fourth-order valence-electron chi connectivity index (χ4n) is 2.07. The zero-order valence-corrected chi connectivity index (χ0v) is 11.9. The molecule has 0 saturated carbocycles. The molecule has 0 aliphatic rings. The minimum atomic E-state index is -0.0817. The summed E-state index contributed by atoms with van der Waals surface area (Å²) in [6.07, 6.45) is 3.64. The predicted molar refractivity (Wildman–Crippen MR) is 78.0 cm³/mol. The molecule has 0 spiro atoms. The van der Waals surface area contributed by atoms with Gasteiger partial charge in [0, 0.05) is 32.4 Å². The van der Waals surface area contributed by atoms with Gasteiger partial charge in [0.2, 0.25) is 0 Å². The van der Waals surface area contributed by atoms with E-state index < -0.39 is 0 Å². The first kappa shape index (κ1) is 14.1. The van der Waals surface area contributed by atoms with Crippen molar-refractivity contribution in [1.29, 1.82) is 0 Å². The smallest absolute Gasteiger partial charge is 0.256 e. The van der Waals surface area contributed by atoms with Crippen LogP contribution in [0, 0.1) is 6.92 Å². The minimum Gasteiger partial charge on any atom is -0.337 e. The largest absolute Gasteiger partial charge is 0.337 e. The third-order valence-corrected chi connectivity index (χ3v) is 3.09. The van der Waals surface area contributed by atoms with Crippen molar-refractivity contribution in [2.45, 2.75) is 13.5 Å². The van der Waals surface area contributed by atoms with Crippen molar-refractivity contribution in [1.82, 2.24) is 14.7 Å². The van der Waals surface area contributed by atoms with Crippen molar-refractivity contribution < 1.29 is 4.79 Å². The summed E-state index contributed by atoms with van der Waals surface area (Å²) < 4.78 is 1.71. The molecule has 20 heavy (non-hydrogen) atoms. The van der Waals surface area contributed by atoms with Gasteiger partial charge in [-0.1, -0.05) is 6.07 Å². The lowest BCUT2D eigenvalue weighted by molar-refractivity contribution is 0.0786. The highest BCUT2D eigenvalue weighted by Crippen LogP contribution is 2.18. The number of nitrogens with one attached hydrogen (secondary N) is 1. The molecule has 6 nitrogen and oxygen atoms in total. The average molecular weight is 273 g/mol. The number of hydrogen-bond acceptors (Lipinski definition) is 4. The van der Waals surface area contributed by atoms with Crippen LogP contribution in [0.15, 0.2) is 30.6 Å². The molecule has 0 unspecified atom stereocenters. The third kappa shape index (κ3) is 2.97. The molecule has 0 saturated heterocycles. The van der Waals surface area contributed by atoms with E-state index in [1.54, 1.807) is 28.9 Å². The number of carbonyl (C=O) groups is 1. The summed E-state index contributed by atoms with van der Waals surface area (Å²) in [7, 11) is 3.61. The summed E-state index contributed by atoms with van der Waals surface area (Å²) in [6.45, 7) is 2.46. The van der Waals surface area contributed by atoms with E-state index in [1.807, 2.05) is 32.3 Å². The number of hydrogen-bond donors (Lipinski definition) is 2. The van der Waals surface area contributed by atoms with Crippen LogP contribution in [0.5, 0.6) is 0 Å². The minimum absolute atomic E-state index is 0.0817. The van der Waals surface area contributed by atoms with Crippen LogP contribution in [0.3, 0.4) is 0 Å². The van der Waals surface area contributed by atoms with Crippen LogP contribution in [0.1, 0.15) is 21.5 Å². The molecular weight excluding hydrogens is 254 g/mol. The number of nitrogens with zero attached hydrogens (tertiary/aromatic N) is 3. The maximum atomic E-state index is 12.4. The van der Waals surface area contributed by atoms with Crippen LogP contribution >= 0.6 is 0 Å². The molecule has 0 aliphatic heterocycles. The molecule has 0 radical (unpaired) electrons. The lowest BCUT2D eigenvalue weighted by Gasteiger charge is -2.18. The molecule has 0 fully saturated rings. The van der Waals surface area contributed by atoms with Crippen LogP contribution < -0.4 is 11.3 Å². The van der Waals surface area contributed by atoms with Gasteiger partial charge in [-0.3, -0.25) is 15.3 Å². The molecule has 1 aromatic carbocycles. The van der Waals surface area contributed by atoms with E-state index in [0.717, 1.165) is 11.1 Å². The lowest BCUT2D eigenvalue weighted by atomic mass is 10.1. The van der Waals surface area contributed by atoms with Gasteiger partial charge >= 0.3 is 0 Å². The molecule has 2 aromatic rings. The van der Waals surface area contributed by atoms with E-state index in [1.165, 1.54) is 0 Å². The van der Waals surface area contributed by atoms with Crippen molar-refractivity contribution >= 4 is 11.6 Å². The van der Waals surface area contributed by atoms with Crippen LogP contribution in [-0.4, -0.2) is 27.6 Å². The average Bonchev–Trinajstić information content (AvgIpc) is 2.83. The Hall–Kier alpha value is -2.34. The topological polar surface area (TPSA) is 76.2 Å². The Morgan fingerprint density at radius 3 is 2.85 bits per heavy atom. The van der Waals surface area contributed by atoms with E-state index >= 15 is 0 Å². The van der Waals surface area contributed by atoms with E-state index in [9.17, 15) is 4.79 Å². The highest BCUT2D eigenvalue weighted by molar-refractivity contribution is 5.99. The Labute approximate surface area is 118 Å². The standard InChI is InChI=1S/C14H19N5O/c1-10-4-5-12(13(6-10)17-15)14(20)18(2)8-11-7-16-19(3)9-11/h4-7,9,17H,8,15H2,1-3H3. The van der Waals surface area contributed by atoms with Crippen LogP contribution in [0.25, 0.3) is 0 Å². The first-order valence-corrected chi connectivity index (χ1v) is 6.31. The summed E-state index contributed by atoms with van der Waals surface area (Å²) in [6, 6.07) is 5.53. The van der Waals surface area contributed by atoms with E-state index in [-0.39, 0.29) is 5.91 Å². The van der Waals surface area contributed by atoms with Gasteiger partial charge in [0.1, 0.15) is 0 Å². The molecule has 1 amide bonds. The molecule has 106 valence electrons. The number of aryl methyl sites for hydroxylation is 2. The van der Waals surface area contributed by atoms with E-state index in [4.69, 9.17) is 5.84 Å². The normalized spacial score (nSPS) is 10.4. The van der Waals surface area contributed by atoms with Crippen molar-refractivity contribution in [2.75, 3.05) is 12.5 Å². The Bertz CT molecular complexity index is 620.